The Labute approximate surface area is 95.1 Å². The van der Waals surface area contributed by atoms with Gasteiger partial charge in [0.2, 0.25) is 5.78 Å². The Morgan fingerprint density at radius 2 is 1.88 bits per heavy atom. The number of unbranched alkanes of at least 4 members (excludes halogenated alkanes) is 1. The molecule has 0 aliphatic rings. The first-order chi connectivity index (χ1) is 7.52. The highest BCUT2D eigenvalue weighted by Crippen LogP contribution is 2.02. The van der Waals surface area contributed by atoms with Crippen molar-refractivity contribution in [2.24, 2.45) is 5.92 Å². The Kier molecular flexibility index (Phi) is 7.16. The molecule has 0 radical (unpaired) electrons. The molecule has 0 spiro atoms. The van der Waals surface area contributed by atoms with E-state index in [1.54, 1.807) is 0 Å². The zero-order chi connectivity index (χ0) is 12.6. The van der Waals surface area contributed by atoms with Crippen molar-refractivity contribution in [1.82, 2.24) is 0 Å². The maximum Gasteiger partial charge on any atom is 0.374 e. The lowest BCUT2D eigenvalue weighted by molar-refractivity contribution is -0.156. The van der Waals surface area contributed by atoms with Gasteiger partial charge in [-0.05, 0) is 6.42 Å². The first kappa shape index (κ1) is 14.6. The zero-order valence-electron chi connectivity index (χ0n) is 9.95. The number of hydrogen-bond donors (Lipinski definition) is 0. The summed E-state index contributed by atoms with van der Waals surface area (Å²) in [6.45, 7) is 3.42. The molecule has 0 saturated heterocycles. The van der Waals surface area contributed by atoms with Crippen LogP contribution in [0.2, 0.25) is 0 Å². The van der Waals surface area contributed by atoms with Crippen molar-refractivity contribution in [3.8, 4) is 0 Å². The topological polar surface area (TPSA) is 69.7 Å². The number of methoxy groups -OCH3 is 1. The summed E-state index contributed by atoms with van der Waals surface area (Å²) in [5.74, 6) is -2.58. The second-order valence-corrected chi connectivity index (χ2v) is 3.54. The van der Waals surface area contributed by atoms with Crippen molar-refractivity contribution in [1.29, 1.82) is 0 Å². The minimum absolute atomic E-state index is 0.0729. The number of rotatable bonds is 7. The Morgan fingerprint density at radius 1 is 1.25 bits per heavy atom. The quantitative estimate of drug-likeness (QED) is 0.484. The molecule has 0 amide bonds. The molecule has 0 fully saturated rings. The summed E-state index contributed by atoms with van der Waals surface area (Å²) in [7, 11) is 1.14. The van der Waals surface area contributed by atoms with E-state index >= 15 is 0 Å². The molecule has 1 unspecified atom stereocenters. The molecular weight excluding hydrogens is 212 g/mol. The molecule has 1 atom stereocenters. The Balaban J connectivity index is 3.88. The van der Waals surface area contributed by atoms with Gasteiger partial charge in [-0.1, -0.05) is 20.3 Å². The lowest BCUT2D eigenvalue weighted by atomic mass is 10.1. The average Bonchev–Trinajstić information content (AvgIpc) is 2.31. The second kappa shape index (κ2) is 7.84. The van der Waals surface area contributed by atoms with E-state index in [9.17, 15) is 14.4 Å². The van der Waals surface area contributed by atoms with Crippen molar-refractivity contribution in [2.75, 3.05) is 13.7 Å². The van der Waals surface area contributed by atoms with Gasteiger partial charge < -0.3 is 9.47 Å². The minimum Gasteiger partial charge on any atom is -0.465 e. The Morgan fingerprint density at radius 3 is 2.38 bits per heavy atom. The van der Waals surface area contributed by atoms with E-state index in [0.717, 1.165) is 20.0 Å². The van der Waals surface area contributed by atoms with Gasteiger partial charge in [0.05, 0.1) is 13.0 Å². The third kappa shape index (κ3) is 5.48. The molecule has 0 saturated carbocycles. The van der Waals surface area contributed by atoms with Crippen molar-refractivity contribution < 1.29 is 23.9 Å². The monoisotopic (exact) mass is 230 g/mol. The lowest BCUT2D eigenvalue weighted by Gasteiger charge is -2.09. The third-order valence-electron chi connectivity index (χ3n) is 2.06. The van der Waals surface area contributed by atoms with Crippen molar-refractivity contribution in [2.45, 2.75) is 33.1 Å². The molecule has 0 aromatic carbocycles. The molecule has 16 heavy (non-hydrogen) atoms. The van der Waals surface area contributed by atoms with E-state index in [1.165, 1.54) is 6.92 Å². The molecule has 0 rings (SSSR count). The van der Waals surface area contributed by atoms with Gasteiger partial charge in [-0.15, -0.1) is 0 Å². The highest BCUT2D eigenvalue weighted by molar-refractivity contribution is 6.34. The molecule has 5 heteroatoms. The summed E-state index contributed by atoms with van der Waals surface area (Å²) in [5.41, 5.74) is 0. The SMILES string of the molecule is CCCCC(=O)OCC(C)C(=O)C(=O)OC. The summed E-state index contributed by atoms with van der Waals surface area (Å²) in [4.78, 5) is 33.2. The predicted octanol–water partition coefficient (Wildman–Crippen LogP) is 1.10. The number of hydrogen-bond acceptors (Lipinski definition) is 5. The molecule has 5 nitrogen and oxygen atoms in total. The molecule has 0 heterocycles. The van der Waals surface area contributed by atoms with Gasteiger partial charge in [0.15, 0.2) is 0 Å². The van der Waals surface area contributed by atoms with Crippen LogP contribution in [0.25, 0.3) is 0 Å². The van der Waals surface area contributed by atoms with Crippen LogP contribution in [-0.2, 0) is 23.9 Å². The van der Waals surface area contributed by atoms with Gasteiger partial charge >= 0.3 is 11.9 Å². The van der Waals surface area contributed by atoms with Crippen LogP contribution in [-0.4, -0.2) is 31.4 Å². The van der Waals surface area contributed by atoms with Crippen molar-refractivity contribution in [3.63, 3.8) is 0 Å². The fourth-order valence-electron chi connectivity index (χ4n) is 0.989. The van der Waals surface area contributed by atoms with E-state index in [4.69, 9.17) is 4.74 Å². The third-order valence-corrected chi connectivity index (χ3v) is 2.06. The van der Waals surface area contributed by atoms with Crippen LogP contribution in [0.5, 0.6) is 0 Å². The number of Topliss-reactive ketones (excluding diaryl/α,β-unsaturated/α-hetero) is 1. The number of ether oxygens (including phenoxy) is 2. The molecule has 0 aromatic rings. The van der Waals surface area contributed by atoms with Crippen LogP contribution in [0.1, 0.15) is 33.1 Å². The van der Waals surface area contributed by atoms with Crippen LogP contribution in [0.4, 0.5) is 0 Å². The van der Waals surface area contributed by atoms with Gasteiger partial charge in [0.1, 0.15) is 6.61 Å². The van der Waals surface area contributed by atoms with E-state index in [1.807, 2.05) is 6.92 Å². The highest BCUT2D eigenvalue weighted by Gasteiger charge is 2.23. The normalized spacial score (nSPS) is 11.7. The lowest BCUT2D eigenvalue weighted by Crippen LogP contribution is -2.27. The molecule has 92 valence electrons. The summed E-state index contributed by atoms with van der Waals surface area (Å²) in [6, 6.07) is 0. The number of ketones is 1. The smallest absolute Gasteiger partial charge is 0.374 e. The first-order valence-electron chi connectivity index (χ1n) is 5.30. The highest BCUT2D eigenvalue weighted by atomic mass is 16.5. The van der Waals surface area contributed by atoms with Gasteiger partial charge in [0.25, 0.3) is 0 Å². The Hall–Kier alpha value is -1.39. The van der Waals surface area contributed by atoms with Crippen LogP contribution in [0, 0.1) is 5.92 Å². The minimum atomic E-state index is -0.905. The first-order valence-corrected chi connectivity index (χ1v) is 5.30. The zero-order valence-corrected chi connectivity index (χ0v) is 9.95. The Bertz CT molecular complexity index is 259. The summed E-state index contributed by atoms with van der Waals surface area (Å²) >= 11 is 0. The van der Waals surface area contributed by atoms with Crippen molar-refractivity contribution in [3.05, 3.63) is 0 Å². The number of carbonyl (C=O) groups is 3. The van der Waals surface area contributed by atoms with Crippen molar-refractivity contribution >= 4 is 17.7 Å². The van der Waals surface area contributed by atoms with Gasteiger partial charge in [-0.25, -0.2) is 4.79 Å². The summed E-state index contributed by atoms with van der Waals surface area (Å²) in [5, 5.41) is 0. The molecule has 0 aromatic heterocycles. The molecular formula is C11H18O5. The summed E-state index contributed by atoms with van der Waals surface area (Å²) < 4.78 is 9.13. The van der Waals surface area contributed by atoms with Crippen LogP contribution in [0.3, 0.4) is 0 Å². The molecule has 0 aliphatic heterocycles. The van der Waals surface area contributed by atoms with E-state index in [2.05, 4.69) is 4.74 Å². The molecule has 0 N–H and O–H groups in total. The van der Waals surface area contributed by atoms with Crippen LogP contribution < -0.4 is 0 Å². The number of esters is 2. The summed E-state index contributed by atoms with van der Waals surface area (Å²) in [6.07, 6.45) is 2.01. The largest absolute Gasteiger partial charge is 0.465 e. The second-order valence-electron chi connectivity index (χ2n) is 3.54. The predicted molar refractivity (Wildman–Crippen MR) is 56.7 cm³/mol. The van der Waals surface area contributed by atoms with Gasteiger partial charge in [0, 0.05) is 6.42 Å². The number of carbonyl (C=O) groups excluding carboxylic acids is 3. The maximum absolute atomic E-state index is 11.2. The van der Waals surface area contributed by atoms with E-state index in [-0.39, 0.29) is 12.6 Å². The van der Waals surface area contributed by atoms with E-state index < -0.39 is 17.7 Å². The molecule has 0 bridgehead atoms. The van der Waals surface area contributed by atoms with E-state index in [0.29, 0.717) is 6.42 Å². The van der Waals surface area contributed by atoms with Gasteiger partial charge in [-0.3, -0.25) is 9.59 Å². The van der Waals surface area contributed by atoms with Crippen LogP contribution >= 0.6 is 0 Å². The fraction of sp³-hybridized carbons (Fsp3) is 0.727. The van der Waals surface area contributed by atoms with Crippen LogP contribution in [0.15, 0.2) is 0 Å². The molecule has 0 aliphatic carbocycles. The fourth-order valence-corrected chi connectivity index (χ4v) is 0.989. The maximum atomic E-state index is 11.2. The average molecular weight is 230 g/mol. The van der Waals surface area contributed by atoms with Gasteiger partial charge in [-0.2, -0.15) is 0 Å². The standard InChI is InChI=1S/C11H18O5/c1-4-5-6-9(12)16-7-8(2)10(13)11(14)15-3/h8H,4-7H2,1-3H3.